The minimum atomic E-state index is -6.38. The summed E-state index contributed by atoms with van der Waals surface area (Å²) in [5.74, 6) is 0. The monoisotopic (exact) mass is 540 g/mol. The lowest BCUT2D eigenvalue weighted by molar-refractivity contribution is -0.376. The largest absolute Gasteiger partial charge is 0.430 e. The molecule has 16 heteroatoms. The zero-order chi connectivity index (χ0) is 27.9. The third-order valence-corrected chi connectivity index (χ3v) is 5.67. The van der Waals surface area contributed by atoms with Crippen molar-refractivity contribution in [2.24, 2.45) is 0 Å². The van der Waals surface area contributed by atoms with E-state index in [1.807, 2.05) is 0 Å². The number of rotatable bonds is 2. The highest BCUT2D eigenvalue weighted by molar-refractivity contribution is 6.16. The third kappa shape index (κ3) is 3.56. The first-order chi connectivity index (χ1) is 16.0. The van der Waals surface area contributed by atoms with Gasteiger partial charge in [0.15, 0.2) is 0 Å². The maximum atomic E-state index is 13.6. The fraction of sp³-hybridized carbons (Fsp3) is 0.300. The number of nitrogens with two attached hydrogens (primary N) is 2. The lowest BCUT2D eigenvalue weighted by Gasteiger charge is -2.35. The van der Waals surface area contributed by atoms with E-state index in [0.717, 1.165) is 0 Å². The molecule has 0 bridgehead atoms. The molecule has 0 aromatic heterocycles. The van der Waals surface area contributed by atoms with Crippen molar-refractivity contribution in [2.45, 2.75) is 35.9 Å². The predicted molar refractivity (Wildman–Crippen MR) is 102 cm³/mol. The van der Waals surface area contributed by atoms with Gasteiger partial charge in [-0.25, -0.2) is 0 Å². The third-order valence-electron chi connectivity index (χ3n) is 5.67. The standard InChI is InChI=1S/C20H12F12N2O2/c21-17(22,23)15(35,18(24,25)26)10-5-6-12(33)9-2-1-8-7(13(9)10)3-4-11(14(8)34)16(36,19(27,28)29)20(30,31)32/h1-6,35-36H,33-34H2. The van der Waals surface area contributed by atoms with Crippen LogP contribution in [-0.2, 0) is 11.2 Å². The first-order valence-corrected chi connectivity index (χ1v) is 9.27. The van der Waals surface area contributed by atoms with Gasteiger partial charge in [0.2, 0.25) is 0 Å². The summed E-state index contributed by atoms with van der Waals surface area (Å²) in [5, 5.41) is 16.2. The smallest absolute Gasteiger partial charge is 0.398 e. The van der Waals surface area contributed by atoms with Gasteiger partial charge in [-0.15, -0.1) is 0 Å². The Kier molecular flexibility index (Phi) is 5.85. The Labute approximate surface area is 191 Å². The first-order valence-electron chi connectivity index (χ1n) is 9.27. The summed E-state index contributed by atoms with van der Waals surface area (Å²) >= 11 is 0. The van der Waals surface area contributed by atoms with Crippen LogP contribution in [-0.4, -0.2) is 34.9 Å². The molecule has 4 nitrogen and oxygen atoms in total. The maximum absolute atomic E-state index is 13.6. The molecule has 0 saturated heterocycles. The van der Waals surface area contributed by atoms with Crippen molar-refractivity contribution in [1.29, 1.82) is 0 Å². The molecule has 0 spiro atoms. The van der Waals surface area contributed by atoms with Crippen LogP contribution in [0.15, 0.2) is 36.4 Å². The van der Waals surface area contributed by atoms with Crippen LogP contribution >= 0.6 is 0 Å². The van der Waals surface area contributed by atoms with Gasteiger partial charge in [0.05, 0.1) is 0 Å². The molecule has 0 aliphatic carbocycles. The summed E-state index contributed by atoms with van der Waals surface area (Å²) in [4.78, 5) is 0. The predicted octanol–water partition coefficient (Wildman–Crippen LogP) is 5.78. The van der Waals surface area contributed by atoms with E-state index >= 15 is 0 Å². The summed E-state index contributed by atoms with van der Waals surface area (Å²) in [6, 6.07) is 2.43. The summed E-state index contributed by atoms with van der Waals surface area (Å²) in [7, 11) is 0. The van der Waals surface area contributed by atoms with Crippen LogP contribution in [0.3, 0.4) is 0 Å². The summed E-state index contributed by atoms with van der Waals surface area (Å²) in [5.41, 5.74) is -5.69. The van der Waals surface area contributed by atoms with Crippen LogP contribution in [0.2, 0.25) is 0 Å². The number of aliphatic hydroxyl groups is 2. The van der Waals surface area contributed by atoms with Crippen molar-refractivity contribution >= 4 is 32.9 Å². The highest BCUT2D eigenvalue weighted by atomic mass is 19.4. The summed E-state index contributed by atoms with van der Waals surface area (Å²) in [6.07, 6.45) is -25.5. The zero-order valence-electron chi connectivity index (χ0n) is 17.0. The highest BCUT2D eigenvalue weighted by Crippen LogP contribution is 2.55. The van der Waals surface area contributed by atoms with E-state index in [2.05, 4.69) is 0 Å². The van der Waals surface area contributed by atoms with Gasteiger partial charge in [-0.1, -0.05) is 30.3 Å². The number of nitrogen functional groups attached to an aromatic ring is 2. The van der Waals surface area contributed by atoms with E-state index in [1.54, 1.807) is 0 Å². The van der Waals surface area contributed by atoms with Crippen LogP contribution in [0, 0.1) is 0 Å². The van der Waals surface area contributed by atoms with Gasteiger partial charge >= 0.3 is 24.7 Å². The number of halogens is 12. The fourth-order valence-corrected chi connectivity index (χ4v) is 3.86. The van der Waals surface area contributed by atoms with E-state index in [4.69, 9.17) is 11.5 Å². The number of hydrogen-bond acceptors (Lipinski definition) is 4. The molecule has 36 heavy (non-hydrogen) atoms. The molecule has 0 radical (unpaired) electrons. The normalized spacial score (nSPS) is 14.6. The average Bonchev–Trinajstić information content (AvgIpc) is 2.70. The van der Waals surface area contributed by atoms with Crippen molar-refractivity contribution in [3.8, 4) is 0 Å². The molecule has 3 aromatic rings. The Balaban J connectivity index is 2.57. The first kappa shape index (κ1) is 27.4. The van der Waals surface area contributed by atoms with E-state index in [9.17, 15) is 62.9 Å². The van der Waals surface area contributed by atoms with Crippen molar-refractivity contribution in [2.75, 3.05) is 11.5 Å². The van der Waals surface area contributed by atoms with Crippen LogP contribution < -0.4 is 11.5 Å². The van der Waals surface area contributed by atoms with Crippen molar-refractivity contribution in [3.63, 3.8) is 0 Å². The van der Waals surface area contributed by atoms with Crippen molar-refractivity contribution in [1.82, 2.24) is 0 Å². The maximum Gasteiger partial charge on any atom is 0.430 e. The van der Waals surface area contributed by atoms with E-state index in [-0.39, 0.29) is 12.1 Å². The Morgan fingerprint density at radius 2 is 0.833 bits per heavy atom. The second-order valence-electron chi connectivity index (χ2n) is 7.72. The number of anilines is 2. The second kappa shape index (κ2) is 7.68. The minimum Gasteiger partial charge on any atom is -0.398 e. The Hall–Kier alpha value is -3.14. The average molecular weight is 540 g/mol. The van der Waals surface area contributed by atoms with Gasteiger partial charge in [-0.2, -0.15) is 52.7 Å². The van der Waals surface area contributed by atoms with Gasteiger partial charge in [-0.05, 0) is 16.8 Å². The van der Waals surface area contributed by atoms with Crippen LogP contribution in [0.4, 0.5) is 64.1 Å². The van der Waals surface area contributed by atoms with Crippen molar-refractivity contribution in [3.05, 3.63) is 47.5 Å². The van der Waals surface area contributed by atoms with E-state index in [1.165, 1.54) is 0 Å². The molecule has 0 unspecified atom stereocenters. The number of alkyl halides is 12. The Bertz CT molecular complexity index is 1310. The van der Waals surface area contributed by atoms with E-state index in [0.29, 0.717) is 24.3 Å². The molecule has 0 atom stereocenters. The van der Waals surface area contributed by atoms with Crippen LogP contribution in [0.25, 0.3) is 21.5 Å². The molecule has 0 fully saturated rings. The van der Waals surface area contributed by atoms with Gasteiger partial charge < -0.3 is 21.7 Å². The molecule has 3 rings (SSSR count). The number of hydrogen-bond donors (Lipinski definition) is 4. The number of fused-ring (bicyclic) bond motifs is 3. The molecule has 0 heterocycles. The van der Waals surface area contributed by atoms with Crippen LogP contribution in [0.5, 0.6) is 0 Å². The zero-order valence-corrected chi connectivity index (χ0v) is 17.0. The van der Waals surface area contributed by atoms with Gasteiger partial charge in [0.1, 0.15) is 0 Å². The molecular formula is C20H12F12N2O2. The molecular weight excluding hydrogens is 528 g/mol. The SMILES string of the molecule is Nc1c(C(O)(C(F)(F)F)C(F)(F)F)ccc2c1ccc1c(N)ccc(C(O)(C(F)(F)F)C(F)(F)F)c12. The Morgan fingerprint density at radius 3 is 1.28 bits per heavy atom. The van der Waals surface area contributed by atoms with E-state index < -0.39 is 80.0 Å². The summed E-state index contributed by atoms with van der Waals surface area (Å²) in [6.45, 7) is 0. The molecule has 0 aliphatic heterocycles. The molecule has 0 amide bonds. The lowest BCUT2D eigenvalue weighted by Crippen LogP contribution is -2.54. The number of benzene rings is 3. The van der Waals surface area contributed by atoms with Gasteiger partial charge in [0, 0.05) is 33.3 Å². The second-order valence-corrected chi connectivity index (χ2v) is 7.72. The van der Waals surface area contributed by atoms with Gasteiger partial charge in [-0.3, -0.25) is 0 Å². The fourth-order valence-electron chi connectivity index (χ4n) is 3.86. The topological polar surface area (TPSA) is 92.5 Å². The quantitative estimate of drug-likeness (QED) is 0.188. The van der Waals surface area contributed by atoms with Crippen molar-refractivity contribution < 1.29 is 62.9 Å². The molecule has 6 N–H and O–H groups in total. The minimum absolute atomic E-state index is 0.0364. The Morgan fingerprint density at radius 1 is 0.472 bits per heavy atom. The van der Waals surface area contributed by atoms with Gasteiger partial charge in [0.25, 0.3) is 11.2 Å². The highest BCUT2D eigenvalue weighted by Gasteiger charge is 2.73. The van der Waals surface area contributed by atoms with Crippen LogP contribution in [0.1, 0.15) is 11.1 Å². The molecule has 198 valence electrons. The molecule has 3 aromatic carbocycles. The molecule has 0 aliphatic rings. The lowest BCUT2D eigenvalue weighted by atomic mass is 9.83. The molecule has 0 saturated carbocycles. The summed E-state index contributed by atoms with van der Waals surface area (Å²) < 4.78 is 161.